The monoisotopic (exact) mass is 260 g/mol. The molecule has 1 rings (SSSR count). The number of hydrogen-bond acceptors (Lipinski definition) is 2. The number of rotatable bonds is 4. The molecule has 0 saturated heterocycles. The summed E-state index contributed by atoms with van der Waals surface area (Å²) in [6.45, 7) is 1.90. The molecule has 0 spiro atoms. The van der Waals surface area contributed by atoms with Gasteiger partial charge in [0.25, 0.3) is 0 Å². The zero-order valence-electron chi connectivity index (χ0n) is 10.3. The molecule has 0 aliphatic rings. The van der Waals surface area contributed by atoms with Crippen LogP contribution in [0.5, 0.6) is 0 Å². The van der Waals surface area contributed by atoms with Gasteiger partial charge in [-0.05, 0) is 24.1 Å². The summed E-state index contributed by atoms with van der Waals surface area (Å²) in [5.74, 6) is -0.918. The second kappa shape index (κ2) is 5.89. The Bertz CT molecular complexity index is 396. The molecular formula is C13H15F3O2. The van der Waals surface area contributed by atoms with Gasteiger partial charge in [0, 0.05) is 0 Å². The molecule has 0 aromatic heterocycles. The molecule has 1 aromatic carbocycles. The van der Waals surface area contributed by atoms with Crippen molar-refractivity contribution in [1.29, 1.82) is 0 Å². The van der Waals surface area contributed by atoms with Crippen LogP contribution in [0, 0.1) is 0 Å². The van der Waals surface area contributed by atoms with Crippen LogP contribution in [0.15, 0.2) is 24.3 Å². The first-order chi connectivity index (χ1) is 8.40. The van der Waals surface area contributed by atoms with Crippen molar-refractivity contribution in [2.75, 3.05) is 7.11 Å². The highest BCUT2D eigenvalue weighted by atomic mass is 19.4. The summed E-state index contributed by atoms with van der Waals surface area (Å²) in [5, 5.41) is 0. The van der Waals surface area contributed by atoms with E-state index in [0.29, 0.717) is 12.0 Å². The Morgan fingerprint density at radius 2 is 1.83 bits per heavy atom. The van der Waals surface area contributed by atoms with Crippen LogP contribution in [0.25, 0.3) is 0 Å². The molecule has 1 atom stereocenters. The minimum absolute atomic E-state index is 0.420. The normalized spacial score (nSPS) is 13.2. The van der Waals surface area contributed by atoms with Crippen LogP contribution in [-0.2, 0) is 15.7 Å². The van der Waals surface area contributed by atoms with Crippen LogP contribution in [0.4, 0.5) is 13.2 Å². The van der Waals surface area contributed by atoms with E-state index < -0.39 is 23.6 Å². The lowest BCUT2D eigenvalue weighted by Gasteiger charge is -2.15. The first kappa shape index (κ1) is 14.5. The number of esters is 1. The molecule has 100 valence electrons. The Morgan fingerprint density at radius 3 is 2.22 bits per heavy atom. The Morgan fingerprint density at radius 1 is 1.28 bits per heavy atom. The van der Waals surface area contributed by atoms with Crippen molar-refractivity contribution in [2.24, 2.45) is 0 Å². The second-order valence-electron chi connectivity index (χ2n) is 3.98. The van der Waals surface area contributed by atoms with Crippen LogP contribution in [0.2, 0.25) is 0 Å². The fourth-order valence-electron chi connectivity index (χ4n) is 1.76. The largest absolute Gasteiger partial charge is 0.469 e. The van der Waals surface area contributed by atoms with Gasteiger partial charge in [0.05, 0.1) is 18.6 Å². The number of alkyl halides is 3. The summed E-state index contributed by atoms with van der Waals surface area (Å²) in [5.41, 5.74) is -0.164. The maximum atomic E-state index is 12.4. The van der Waals surface area contributed by atoms with Gasteiger partial charge in [-0.1, -0.05) is 25.5 Å². The van der Waals surface area contributed by atoms with E-state index in [-0.39, 0.29) is 0 Å². The predicted molar refractivity (Wildman–Crippen MR) is 61.1 cm³/mol. The van der Waals surface area contributed by atoms with E-state index in [9.17, 15) is 18.0 Å². The van der Waals surface area contributed by atoms with Crippen LogP contribution < -0.4 is 0 Å². The zero-order valence-corrected chi connectivity index (χ0v) is 10.3. The third-order valence-corrected chi connectivity index (χ3v) is 2.70. The summed E-state index contributed by atoms with van der Waals surface area (Å²) in [6.07, 6.45) is -3.05. The second-order valence-corrected chi connectivity index (χ2v) is 3.98. The number of carbonyl (C=O) groups excluding carboxylic acids is 1. The molecule has 0 aliphatic carbocycles. The maximum Gasteiger partial charge on any atom is 0.416 e. The van der Waals surface area contributed by atoms with Gasteiger partial charge in [0.1, 0.15) is 0 Å². The van der Waals surface area contributed by atoms with Gasteiger partial charge in [0.2, 0.25) is 0 Å². The Kier molecular flexibility index (Phi) is 4.76. The first-order valence-electron chi connectivity index (χ1n) is 5.65. The third kappa shape index (κ3) is 3.48. The number of carbonyl (C=O) groups is 1. The SMILES string of the molecule is CCCC(C(=O)OC)c1ccc(C(F)(F)F)cc1. The highest BCUT2D eigenvalue weighted by Crippen LogP contribution is 2.31. The van der Waals surface area contributed by atoms with Crippen molar-refractivity contribution in [3.63, 3.8) is 0 Å². The van der Waals surface area contributed by atoms with E-state index >= 15 is 0 Å². The quantitative estimate of drug-likeness (QED) is 0.770. The highest BCUT2D eigenvalue weighted by Gasteiger charge is 2.30. The topological polar surface area (TPSA) is 26.3 Å². The van der Waals surface area contributed by atoms with E-state index in [4.69, 9.17) is 0 Å². The molecule has 5 heteroatoms. The van der Waals surface area contributed by atoms with Crippen molar-refractivity contribution in [2.45, 2.75) is 31.9 Å². The fourth-order valence-corrected chi connectivity index (χ4v) is 1.76. The van der Waals surface area contributed by atoms with Gasteiger partial charge < -0.3 is 4.74 Å². The number of halogens is 3. The van der Waals surface area contributed by atoms with Gasteiger partial charge in [-0.15, -0.1) is 0 Å². The molecule has 0 heterocycles. The summed E-state index contributed by atoms with van der Waals surface area (Å²) >= 11 is 0. The third-order valence-electron chi connectivity index (χ3n) is 2.70. The first-order valence-corrected chi connectivity index (χ1v) is 5.65. The lowest BCUT2D eigenvalue weighted by Crippen LogP contribution is -2.14. The average Bonchev–Trinajstić information content (AvgIpc) is 2.34. The average molecular weight is 260 g/mol. The molecule has 0 saturated carbocycles. The molecule has 18 heavy (non-hydrogen) atoms. The van der Waals surface area contributed by atoms with Crippen LogP contribution in [-0.4, -0.2) is 13.1 Å². The summed E-state index contributed by atoms with van der Waals surface area (Å²) in [7, 11) is 1.27. The Balaban J connectivity index is 2.97. The van der Waals surface area contributed by atoms with Crippen molar-refractivity contribution in [3.05, 3.63) is 35.4 Å². The molecule has 0 N–H and O–H groups in total. The highest BCUT2D eigenvalue weighted by molar-refractivity contribution is 5.78. The molecule has 0 amide bonds. The van der Waals surface area contributed by atoms with Gasteiger partial charge in [0.15, 0.2) is 0 Å². The van der Waals surface area contributed by atoms with E-state index in [2.05, 4.69) is 4.74 Å². The Hall–Kier alpha value is -1.52. The predicted octanol–water partition coefficient (Wildman–Crippen LogP) is 3.76. The summed E-state index contributed by atoms with van der Waals surface area (Å²) in [4.78, 5) is 11.5. The molecule has 0 bridgehead atoms. The fraction of sp³-hybridized carbons (Fsp3) is 0.462. The summed E-state index contributed by atoms with van der Waals surface area (Å²) < 4.78 is 41.9. The smallest absolute Gasteiger partial charge is 0.416 e. The maximum absolute atomic E-state index is 12.4. The van der Waals surface area contributed by atoms with Crippen LogP contribution in [0.3, 0.4) is 0 Å². The van der Waals surface area contributed by atoms with Gasteiger partial charge in [-0.2, -0.15) is 13.2 Å². The van der Waals surface area contributed by atoms with Gasteiger partial charge >= 0.3 is 12.1 Å². The summed E-state index contributed by atoms with van der Waals surface area (Å²) in [6, 6.07) is 4.64. The number of hydrogen-bond donors (Lipinski definition) is 0. The molecule has 1 aromatic rings. The molecule has 0 radical (unpaired) electrons. The van der Waals surface area contributed by atoms with Gasteiger partial charge in [-0.3, -0.25) is 4.79 Å². The lowest BCUT2D eigenvalue weighted by atomic mass is 9.94. The zero-order chi connectivity index (χ0) is 13.8. The van der Waals surface area contributed by atoms with E-state index in [1.807, 2.05) is 6.92 Å². The molecular weight excluding hydrogens is 245 g/mol. The van der Waals surface area contributed by atoms with E-state index in [1.54, 1.807) is 0 Å². The minimum Gasteiger partial charge on any atom is -0.469 e. The van der Waals surface area contributed by atoms with Crippen LogP contribution >= 0.6 is 0 Å². The van der Waals surface area contributed by atoms with Crippen molar-refractivity contribution >= 4 is 5.97 Å². The number of benzene rings is 1. The van der Waals surface area contributed by atoms with Crippen molar-refractivity contribution in [3.8, 4) is 0 Å². The van der Waals surface area contributed by atoms with Crippen molar-refractivity contribution in [1.82, 2.24) is 0 Å². The molecule has 2 nitrogen and oxygen atoms in total. The molecule has 0 aliphatic heterocycles. The molecule has 0 fully saturated rings. The lowest BCUT2D eigenvalue weighted by molar-refractivity contribution is -0.142. The van der Waals surface area contributed by atoms with E-state index in [0.717, 1.165) is 18.6 Å². The molecule has 1 unspecified atom stereocenters. The van der Waals surface area contributed by atoms with Gasteiger partial charge in [-0.25, -0.2) is 0 Å². The Labute approximate surface area is 104 Å². The number of ether oxygens (including phenoxy) is 1. The number of methoxy groups -OCH3 is 1. The standard InChI is InChI=1S/C13H15F3O2/c1-3-4-11(12(17)18-2)9-5-7-10(8-6-9)13(14,15)16/h5-8,11H,3-4H2,1-2H3. The van der Waals surface area contributed by atoms with Crippen LogP contribution in [0.1, 0.15) is 36.8 Å². The van der Waals surface area contributed by atoms with E-state index in [1.165, 1.54) is 19.2 Å². The minimum atomic E-state index is -4.36. The van der Waals surface area contributed by atoms with Crippen molar-refractivity contribution < 1.29 is 22.7 Å².